The summed E-state index contributed by atoms with van der Waals surface area (Å²) in [5.74, 6) is 0.991. The monoisotopic (exact) mass is 357 g/mol. The Kier molecular flexibility index (Phi) is 3.72. The van der Waals surface area contributed by atoms with E-state index in [4.69, 9.17) is 21.1 Å². The van der Waals surface area contributed by atoms with Crippen LogP contribution in [0.4, 0.5) is 10.1 Å². The molecule has 1 aliphatic rings. The molecule has 20 heavy (non-hydrogen) atoms. The van der Waals surface area contributed by atoms with Gasteiger partial charge in [0, 0.05) is 6.54 Å². The number of hydrogen-bond donors (Lipinski definition) is 1. The smallest absolute Gasteiger partial charge is 0.231 e. The second-order valence-electron chi connectivity index (χ2n) is 4.26. The summed E-state index contributed by atoms with van der Waals surface area (Å²) in [6.45, 7) is 0.639. The van der Waals surface area contributed by atoms with Gasteiger partial charge in [-0.2, -0.15) is 0 Å². The molecule has 0 radical (unpaired) electrons. The maximum absolute atomic E-state index is 13.7. The van der Waals surface area contributed by atoms with Gasteiger partial charge < -0.3 is 14.8 Å². The molecule has 3 rings (SSSR count). The fourth-order valence-corrected chi connectivity index (χ4v) is 2.81. The summed E-state index contributed by atoms with van der Waals surface area (Å²) in [6.07, 6.45) is 0. The Morgan fingerprint density at radius 2 is 2.15 bits per heavy atom. The van der Waals surface area contributed by atoms with Crippen molar-refractivity contribution in [3.63, 3.8) is 0 Å². The molecule has 0 unspecified atom stereocenters. The number of anilines is 1. The Morgan fingerprint density at radius 3 is 2.95 bits per heavy atom. The minimum absolute atomic E-state index is 0.212. The van der Waals surface area contributed by atoms with E-state index < -0.39 is 0 Å². The zero-order chi connectivity index (χ0) is 14.1. The van der Waals surface area contributed by atoms with Crippen molar-refractivity contribution in [1.29, 1.82) is 0 Å². The molecule has 3 nitrogen and oxygen atoms in total. The molecule has 0 fully saturated rings. The lowest BCUT2D eigenvalue weighted by molar-refractivity contribution is 0.173. The fraction of sp³-hybridized carbons (Fsp3) is 0.143. The average Bonchev–Trinajstić information content (AvgIpc) is 2.87. The Labute approximate surface area is 128 Å². The maximum atomic E-state index is 13.7. The van der Waals surface area contributed by atoms with E-state index in [0.717, 1.165) is 10.0 Å². The molecule has 0 saturated carbocycles. The molecule has 1 aliphatic heterocycles. The lowest BCUT2D eigenvalue weighted by Gasteiger charge is -2.10. The molecule has 1 heterocycles. The van der Waals surface area contributed by atoms with E-state index in [2.05, 4.69) is 21.2 Å². The van der Waals surface area contributed by atoms with Gasteiger partial charge in [-0.3, -0.25) is 0 Å². The number of hydrogen-bond acceptors (Lipinski definition) is 3. The van der Waals surface area contributed by atoms with Crippen molar-refractivity contribution < 1.29 is 13.9 Å². The van der Waals surface area contributed by atoms with E-state index in [1.807, 2.05) is 12.1 Å². The summed E-state index contributed by atoms with van der Waals surface area (Å²) in [7, 11) is 0. The Balaban J connectivity index is 1.81. The second-order valence-corrected chi connectivity index (χ2v) is 5.52. The molecule has 6 heteroatoms. The quantitative estimate of drug-likeness (QED) is 0.871. The van der Waals surface area contributed by atoms with Gasteiger partial charge in [-0.1, -0.05) is 17.7 Å². The highest BCUT2D eigenvalue weighted by Gasteiger charge is 2.18. The van der Waals surface area contributed by atoms with Crippen molar-refractivity contribution in [2.75, 3.05) is 12.1 Å². The predicted molar refractivity (Wildman–Crippen MR) is 79.0 cm³/mol. The van der Waals surface area contributed by atoms with Crippen LogP contribution in [0.25, 0.3) is 0 Å². The summed E-state index contributed by atoms with van der Waals surface area (Å²) in [5, 5.41) is 3.34. The number of nitrogens with one attached hydrogen (secondary N) is 1. The van der Waals surface area contributed by atoms with E-state index in [0.29, 0.717) is 28.8 Å². The van der Waals surface area contributed by atoms with Crippen LogP contribution in [0.3, 0.4) is 0 Å². The summed E-state index contributed by atoms with van der Waals surface area (Å²) in [4.78, 5) is 0. The number of rotatable bonds is 3. The van der Waals surface area contributed by atoms with E-state index >= 15 is 0 Å². The Morgan fingerprint density at radius 1 is 1.30 bits per heavy atom. The summed E-state index contributed by atoms with van der Waals surface area (Å²) in [5.41, 5.74) is 1.23. The molecule has 1 N–H and O–H groups in total. The lowest BCUT2D eigenvalue weighted by Crippen LogP contribution is -2.02. The van der Waals surface area contributed by atoms with E-state index in [9.17, 15) is 4.39 Å². The molecule has 0 saturated heterocycles. The molecular formula is C14H10BrClFNO2. The van der Waals surface area contributed by atoms with Crippen molar-refractivity contribution in [2.45, 2.75) is 6.54 Å². The van der Waals surface area contributed by atoms with Crippen LogP contribution in [0, 0.1) is 5.82 Å². The van der Waals surface area contributed by atoms with Crippen LogP contribution in [0.5, 0.6) is 11.5 Å². The van der Waals surface area contributed by atoms with Crippen LogP contribution in [0.1, 0.15) is 5.56 Å². The Bertz CT molecular complexity index is 646. The predicted octanol–water partition coefficient (Wildman–Crippen LogP) is 4.58. The van der Waals surface area contributed by atoms with E-state index in [1.165, 1.54) is 6.07 Å². The van der Waals surface area contributed by atoms with Gasteiger partial charge in [0.2, 0.25) is 6.79 Å². The van der Waals surface area contributed by atoms with Gasteiger partial charge in [-0.25, -0.2) is 4.39 Å². The summed E-state index contributed by atoms with van der Waals surface area (Å²) in [6, 6.07) is 8.33. The molecule has 0 aliphatic carbocycles. The first-order valence-electron chi connectivity index (χ1n) is 5.91. The van der Waals surface area contributed by atoms with Crippen LogP contribution < -0.4 is 14.8 Å². The highest BCUT2D eigenvalue weighted by Crippen LogP contribution is 2.40. The van der Waals surface area contributed by atoms with Crippen LogP contribution in [-0.4, -0.2) is 6.79 Å². The normalized spacial score (nSPS) is 12.6. The minimum atomic E-state index is -0.377. The third kappa shape index (κ3) is 2.55. The van der Waals surface area contributed by atoms with Gasteiger partial charge in [0.1, 0.15) is 5.82 Å². The Hall–Kier alpha value is -1.46. The van der Waals surface area contributed by atoms with Gasteiger partial charge in [-0.15, -0.1) is 0 Å². The molecule has 0 spiro atoms. The number of para-hydroxylation sites is 1. The molecular weight excluding hydrogens is 349 g/mol. The van der Waals surface area contributed by atoms with Crippen molar-refractivity contribution in [2.24, 2.45) is 0 Å². The first-order chi connectivity index (χ1) is 9.65. The van der Waals surface area contributed by atoms with Crippen LogP contribution in [0.2, 0.25) is 5.02 Å². The van der Waals surface area contributed by atoms with Gasteiger partial charge in [0.05, 0.1) is 15.2 Å². The van der Waals surface area contributed by atoms with Crippen LogP contribution in [0.15, 0.2) is 34.8 Å². The highest BCUT2D eigenvalue weighted by atomic mass is 79.9. The van der Waals surface area contributed by atoms with E-state index in [1.54, 1.807) is 12.1 Å². The molecule has 2 aromatic rings. The third-order valence-electron chi connectivity index (χ3n) is 2.92. The molecule has 0 bridgehead atoms. The van der Waals surface area contributed by atoms with Gasteiger partial charge in [-0.05, 0) is 45.8 Å². The largest absolute Gasteiger partial charge is 0.454 e. The standard InChI is InChI=1S/C14H10BrClFNO2/c15-9-4-8(5-12-14(9)20-7-19-12)6-18-13-10(16)2-1-3-11(13)17/h1-5,18H,6-7H2. The zero-order valence-electron chi connectivity index (χ0n) is 10.3. The van der Waals surface area contributed by atoms with Crippen molar-refractivity contribution in [3.05, 3.63) is 51.2 Å². The lowest BCUT2D eigenvalue weighted by atomic mass is 10.2. The highest BCUT2D eigenvalue weighted by molar-refractivity contribution is 9.10. The second kappa shape index (κ2) is 5.50. The first-order valence-corrected chi connectivity index (χ1v) is 7.08. The summed E-state index contributed by atoms with van der Waals surface area (Å²) >= 11 is 9.38. The van der Waals surface area contributed by atoms with Gasteiger partial charge >= 0.3 is 0 Å². The fourth-order valence-electron chi connectivity index (χ4n) is 1.98. The van der Waals surface area contributed by atoms with E-state index in [-0.39, 0.29) is 12.6 Å². The molecule has 0 atom stereocenters. The van der Waals surface area contributed by atoms with Gasteiger partial charge in [0.25, 0.3) is 0 Å². The number of halogens is 3. The molecule has 104 valence electrons. The molecule has 0 aromatic heterocycles. The number of ether oxygens (including phenoxy) is 2. The van der Waals surface area contributed by atoms with Gasteiger partial charge in [0.15, 0.2) is 11.5 Å². The first kappa shape index (κ1) is 13.5. The van der Waals surface area contributed by atoms with Crippen LogP contribution >= 0.6 is 27.5 Å². The average molecular weight is 359 g/mol. The third-order valence-corrected chi connectivity index (χ3v) is 3.82. The van der Waals surface area contributed by atoms with Crippen molar-refractivity contribution >= 4 is 33.2 Å². The number of benzene rings is 2. The topological polar surface area (TPSA) is 30.5 Å². The van der Waals surface area contributed by atoms with Crippen LogP contribution in [-0.2, 0) is 6.54 Å². The zero-order valence-corrected chi connectivity index (χ0v) is 12.6. The van der Waals surface area contributed by atoms with Crippen molar-refractivity contribution in [1.82, 2.24) is 0 Å². The minimum Gasteiger partial charge on any atom is -0.454 e. The van der Waals surface area contributed by atoms with Crippen molar-refractivity contribution in [3.8, 4) is 11.5 Å². The summed E-state index contributed by atoms with van der Waals surface area (Å²) < 4.78 is 25.1. The SMILES string of the molecule is Fc1cccc(Cl)c1NCc1cc(Br)c2c(c1)OCO2. The maximum Gasteiger partial charge on any atom is 0.231 e. The molecule has 0 amide bonds. The molecule has 2 aromatic carbocycles. The number of fused-ring (bicyclic) bond motifs is 1.